The summed E-state index contributed by atoms with van der Waals surface area (Å²) >= 11 is 9.79. The fourth-order valence-electron chi connectivity index (χ4n) is 3.11. The second kappa shape index (κ2) is 6.90. The number of fused-ring (bicyclic) bond motifs is 1. The summed E-state index contributed by atoms with van der Waals surface area (Å²) in [4.78, 5) is 1.53. The molecule has 3 nitrogen and oxygen atoms in total. The summed E-state index contributed by atoms with van der Waals surface area (Å²) in [5, 5.41) is 12.9. The van der Waals surface area contributed by atoms with E-state index in [0.29, 0.717) is 0 Å². The van der Waals surface area contributed by atoms with Crippen molar-refractivity contribution >= 4 is 34.7 Å². The molecule has 0 saturated heterocycles. The Kier molecular flexibility index (Phi) is 4.66. The number of nitrogens with zero attached hydrogens (tertiary/aromatic N) is 3. The molecule has 2 aromatic heterocycles. The lowest BCUT2D eigenvalue weighted by atomic mass is 9.96. The van der Waals surface area contributed by atoms with E-state index in [2.05, 4.69) is 33.3 Å². The molecule has 1 aliphatic carbocycles. The maximum atomic E-state index is 6.24. The van der Waals surface area contributed by atoms with Gasteiger partial charge < -0.3 is 4.57 Å². The van der Waals surface area contributed by atoms with Crippen LogP contribution in [0.2, 0.25) is 5.02 Å². The molecule has 0 aliphatic heterocycles. The molecule has 0 radical (unpaired) electrons. The standard InChI is InChI=1S/C18H18ClN3S2/c1-22-17(14-11-23-16-9-5-3-7-13(14)16)20-21-18(22)24-10-12-6-2-4-8-15(12)19/h2,4,6,8,11H,3,5,7,9-10H2,1H3. The molecule has 0 N–H and O–H groups in total. The average molecular weight is 376 g/mol. The van der Waals surface area contributed by atoms with E-state index >= 15 is 0 Å². The van der Waals surface area contributed by atoms with Crippen LogP contribution in [-0.4, -0.2) is 14.8 Å². The second-order valence-electron chi connectivity index (χ2n) is 6.00. The molecule has 24 heavy (non-hydrogen) atoms. The highest BCUT2D eigenvalue weighted by molar-refractivity contribution is 7.98. The topological polar surface area (TPSA) is 30.7 Å². The molecule has 2 heterocycles. The third-order valence-corrected chi connectivity index (χ3v) is 6.98. The monoisotopic (exact) mass is 375 g/mol. The van der Waals surface area contributed by atoms with Crippen molar-refractivity contribution in [1.82, 2.24) is 14.8 Å². The third-order valence-electron chi connectivity index (χ3n) is 4.45. The van der Waals surface area contributed by atoms with Crippen LogP contribution >= 0.6 is 34.7 Å². The molecule has 0 fully saturated rings. The molecule has 0 unspecified atom stereocenters. The van der Waals surface area contributed by atoms with Gasteiger partial charge in [0, 0.05) is 33.6 Å². The fourth-order valence-corrected chi connectivity index (χ4v) is 5.44. The molecule has 1 aliphatic rings. The van der Waals surface area contributed by atoms with Crippen molar-refractivity contribution in [1.29, 1.82) is 0 Å². The van der Waals surface area contributed by atoms with E-state index in [9.17, 15) is 0 Å². The predicted molar refractivity (Wildman–Crippen MR) is 102 cm³/mol. The minimum Gasteiger partial charge on any atom is -0.305 e. The Bertz CT molecular complexity index is 869. The van der Waals surface area contributed by atoms with E-state index in [4.69, 9.17) is 11.6 Å². The molecule has 0 atom stereocenters. The van der Waals surface area contributed by atoms with Crippen LogP contribution in [-0.2, 0) is 25.6 Å². The van der Waals surface area contributed by atoms with Crippen LogP contribution in [0.3, 0.4) is 0 Å². The first-order chi connectivity index (χ1) is 11.7. The molecule has 0 bridgehead atoms. The number of thiophene rings is 1. The summed E-state index contributed by atoms with van der Waals surface area (Å²) in [6.45, 7) is 0. The van der Waals surface area contributed by atoms with Gasteiger partial charge in [0.1, 0.15) is 0 Å². The summed E-state index contributed by atoms with van der Waals surface area (Å²) in [7, 11) is 2.05. The third kappa shape index (κ3) is 3.01. The van der Waals surface area contributed by atoms with Crippen LogP contribution < -0.4 is 0 Å². The number of hydrogen-bond acceptors (Lipinski definition) is 4. The van der Waals surface area contributed by atoms with Crippen molar-refractivity contribution in [2.45, 2.75) is 36.6 Å². The van der Waals surface area contributed by atoms with Crippen LogP contribution in [0.1, 0.15) is 28.8 Å². The van der Waals surface area contributed by atoms with Crippen molar-refractivity contribution < 1.29 is 0 Å². The van der Waals surface area contributed by atoms with E-state index in [-0.39, 0.29) is 0 Å². The van der Waals surface area contributed by atoms with E-state index in [1.54, 1.807) is 11.8 Å². The summed E-state index contributed by atoms with van der Waals surface area (Å²) in [6.07, 6.45) is 4.97. The Labute approximate surface area is 155 Å². The van der Waals surface area contributed by atoms with Gasteiger partial charge in [-0.15, -0.1) is 21.5 Å². The van der Waals surface area contributed by atoms with Crippen molar-refractivity contribution in [3.63, 3.8) is 0 Å². The van der Waals surface area contributed by atoms with Gasteiger partial charge in [-0.05, 0) is 42.9 Å². The van der Waals surface area contributed by atoms with Gasteiger partial charge in [0.05, 0.1) is 0 Å². The smallest absolute Gasteiger partial charge is 0.191 e. The molecule has 1 aromatic carbocycles. The molecule has 4 rings (SSSR count). The SMILES string of the molecule is Cn1c(SCc2ccccc2Cl)nnc1-c1csc2c1CCCC2. The first-order valence-corrected chi connectivity index (χ1v) is 10.3. The maximum Gasteiger partial charge on any atom is 0.191 e. The first-order valence-electron chi connectivity index (χ1n) is 8.09. The summed E-state index contributed by atoms with van der Waals surface area (Å²) < 4.78 is 2.11. The van der Waals surface area contributed by atoms with Gasteiger partial charge in [0.25, 0.3) is 0 Å². The number of aryl methyl sites for hydroxylation is 1. The largest absolute Gasteiger partial charge is 0.305 e. The van der Waals surface area contributed by atoms with Gasteiger partial charge in [0.2, 0.25) is 0 Å². The van der Waals surface area contributed by atoms with Gasteiger partial charge in [-0.3, -0.25) is 0 Å². The van der Waals surface area contributed by atoms with Crippen molar-refractivity contribution in [3.05, 3.63) is 50.7 Å². The predicted octanol–water partition coefficient (Wildman–Crippen LogP) is 5.37. The van der Waals surface area contributed by atoms with Crippen LogP contribution in [0.4, 0.5) is 0 Å². The molecule has 0 spiro atoms. The van der Waals surface area contributed by atoms with Gasteiger partial charge in [-0.25, -0.2) is 0 Å². The Morgan fingerprint density at radius 3 is 2.92 bits per heavy atom. The van der Waals surface area contributed by atoms with Crippen molar-refractivity contribution in [2.75, 3.05) is 0 Å². The summed E-state index contributed by atoms with van der Waals surface area (Å²) in [6, 6.07) is 7.96. The van der Waals surface area contributed by atoms with E-state index in [0.717, 1.165) is 27.3 Å². The zero-order valence-electron chi connectivity index (χ0n) is 13.5. The molecule has 3 aromatic rings. The van der Waals surface area contributed by atoms with Crippen molar-refractivity contribution in [3.8, 4) is 11.4 Å². The minimum absolute atomic E-state index is 0.799. The quantitative estimate of drug-likeness (QED) is 0.574. The molecule has 124 valence electrons. The van der Waals surface area contributed by atoms with Gasteiger partial charge in [-0.2, -0.15) is 0 Å². The normalized spacial score (nSPS) is 13.9. The fraction of sp³-hybridized carbons (Fsp3) is 0.333. The lowest BCUT2D eigenvalue weighted by molar-refractivity contribution is 0.696. The molecular formula is C18H18ClN3S2. The number of aromatic nitrogens is 3. The Morgan fingerprint density at radius 1 is 1.21 bits per heavy atom. The Morgan fingerprint density at radius 2 is 2.04 bits per heavy atom. The van der Waals surface area contributed by atoms with Crippen LogP contribution in [0.15, 0.2) is 34.8 Å². The van der Waals surface area contributed by atoms with Gasteiger partial charge in [-0.1, -0.05) is 41.6 Å². The highest BCUT2D eigenvalue weighted by atomic mass is 35.5. The summed E-state index contributed by atoms with van der Waals surface area (Å²) in [5.74, 6) is 1.78. The molecule has 6 heteroatoms. The molecule has 0 amide bonds. The van der Waals surface area contributed by atoms with E-state index in [1.165, 1.54) is 41.7 Å². The first kappa shape index (κ1) is 16.2. The number of thioether (sulfide) groups is 1. The van der Waals surface area contributed by atoms with Crippen LogP contribution in [0.5, 0.6) is 0 Å². The zero-order chi connectivity index (χ0) is 16.5. The van der Waals surface area contributed by atoms with E-state index < -0.39 is 0 Å². The second-order valence-corrected chi connectivity index (χ2v) is 8.32. The van der Waals surface area contributed by atoms with Crippen LogP contribution in [0, 0.1) is 0 Å². The van der Waals surface area contributed by atoms with Crippen LogP contribution in [0.25, 0.3) is 11.4 Å². The number of rotatable bonds is 4. The highest BCUT2D eigenvalue weighted by Gasteiger charge is 2.21. The maximum absolute atomic E-state index is 6.24. The number of hydrogen-bond donors (Lipinski definition) is 0. The Balaban J connectivity index is 1.58. The Hall–Kier alpha value is -1.30. The summed E-state index contributed by atoms with van der Waals surface area (Å²) in [5.41, 5.74) is 3.89. The molecule has 0 saturated carbocycles. The van der Waals surface area contributed by atoms with E-state index in [1.807, 2.05) is 29.5 Å². The lowest BCUT2D eigenvalue weighted by Gasteiger charge is -2.12. The number of halogens is 1. The minimum atomic E-state index is 0.799. The zero-order valence-corrected chi connectivity index (χ0v) is 15.8. The van der Waals surface area contributed by atoms with Crippen molar-refractivity contribution in [2.24, 2.45) is 7.05 Å². The van der Waals surface area contributed by atoms with Gasteiger partial charge in [0.15, 0.2) is 11.0 Å². The number of benzene rings is 1. The average Bonchev–Trinajstić information content (AvgIpc) is 3.18. The molecular weight excluding hydrogens is 358 g/mol. The lowest BCUT2D eigenvalue weighted by Crippen LogP contribution is -2.02. The highest BCUT2D eigenvalue weighted by Crippen LogP contribution is 2.36. The van der Waals surface area contributed by atoms with Gasteiger partial charge >= 0.3 is 0 Å².